The normalized spacial score (nSPS) is 15.3. The van der Waals surface area contributed by atoms with Crippen molar-refractivity contribution in [2.45, 2.75) is 84.0 Å². The van der Waals surface area contributed by atoms with Crippen LogP contribution in [0.5, 0.6) is 0 Å². The first-order chi connectivity index (χ1) is 7.84. The van der Waals surface area contributed by atoms with E-state index in [2.05, 4.69) is 6.92 Å². The van der Waals surface area contributed by atoms with E-state index in [1.165, 1.54) is 64.2 Å². The van der Waals surface area contributed by atoms with Crippen molar-refractivity contribution in [1.29, 1.82) is 0 Å². The van der Waals surface area contributed by atoms with Gasteiger partial charge in [-0.3, -0.25) is 4.79 Å². The van der Waals surface area contributed by atoms with E-state index in [-0.39, 0.29) is 0 Å². The van der Waals surface area contributed by atoms with E-state index in [4.69, 9.17) is 0 Å². The zero-order chi connectivity index (χ0) is 11.6. The van der Waals surface area contributed by atoms with Gasteiger partial charge in [-0.2, -0.15) is 0 Å². The highest BCUT2D eigenvalue weighted by atomic mass is 16.1. The van der Waals surface area contributed by atoms with Gasteiger partial charge in [-0.1, -0.05) is 58.3 Å². The van der Waals surface area contributed by atoms with E-state index in [0.717, 1.165) is 12.8 Å². The van der Waals surface area contributed by atoms with Crippen LogP contribution in [0.2, 0.25) is 0 Å². The second-order valence-corrected chi connectivity index (χ2v) is 5.32. The van der Waals surface area contributed by atoms with Gasteiger partial charge >= 0.3 is 0 Å². The van der Waals surface area contributed by atoms with Gasteiger partial charge in [-0.25, -0.2) is 0 Å². The largest absolute Gasteiger partial charge is 0.299 e. The lowest BCUT2D eigenvalue weighted by molar-refractivity contribution is -0.120. The number of hydrogen-bond acceptors (Lipinski definition) is 1. The molecule has 0 amide bonds. The summed E-state index contributed by atoms with van der Waals surface area (Å²) in [5.41, 5.74) is 0. The Kier molecular flexibility index (Phi) is 7.54. The van der Waals surface area contributed by atoms with Crippen LogP contribution in [-0.2, 0) is 4.79 Å². The van der Waals surface area contributed by atoms with Crippen LogP contribution in [0.25, 0.3) is 0 Å². The Morgan fingerprint density at radius 3 is 1.88 bits per heavy atom. The highest BCUT2D eigenvalue weighted by molar-refractivity contribution is 5.82. The molecule has 0 aromatic heterocycles. The van der Waals surface area contributed by atoms with Crippen molar-refractivity contribution in [3.05, 3.63) is 0 Å². The molecule has 1 rings (SSSR count). The molecule has 0 radical (unpaired) electrons. The molecule has 1 nitrogen and oxygen atoms in total. The third-order valence-electron chi connectivity index (χ3n) is 3.56. The van der Waals surface area contributed by atoms with Crippen LogP contribution in [0.4, 0.5) is 0 Å². The van der Waals surface area contributed by atoms with Crippen molar-refractivity contribution >= 4 is 5.78 Å². The Bertz CT molecular complexity index is 182. The van der Waals surface area contributed by atoms with Crippen LogP contribution < -0.4 is 0 Å². The number of carbonyl (C=O) groups is 1. The van der Waals surface area contributed by atoms with Crippen molar-refractivity contribution in [2.24, 2.45) is 5.92 Å². The molecule has 1 heteroatoms. The average Bonchev–Trinajstić information content (AvgIpc) is 3.10. The van der Waals surface area contributed by atoms with Crippen molar-refractivity contribution in [2.75, 3.05) is 0 Å². The number of carbonyl (C=O) groups excluding carboxylic acids is 1. The second-order valence-electron chi connectivity index (χ2n) is 5.32. The fourth-order valence-corrected chi connectivity index (χ4v) is 2.22. The summed E-state index contributed by atoms with van der Waals surface area (Å²) in [6, 6.07) is 0. The molecule has 1 fully saturated rings. The Morgan fingerprint density at radius 1 is 0.875 bits per heavy atom. The van der Waals surface area contributed by atoms with Gasteiger partial charge < -0.3 is 0 Å². The van der Waals surface area contributed by atoms with Crippen LogP contribution >= 0.6 is 0 Å². The zero-order valence-corrected chi connectivity index (χ0v) is 11.0. The van der Waals surface area contributed by atoms with Gasteiger partial charge in [0, 0.05) is 12.3 Å². The van der Waals surface area contributed by atoms with Gasteiger partial charge in [0.05, 0.1) is 0 Å². The van der Waals surface area contributed by atoms with E-state index in [0.29, 0.717) is 11.7 Å². The lowest BCUT2D eigenvalue weighted by Gasteiger charge is -2.01. The van der Waals surface area contributed by atoms with Crippen molar-refractivity contribution in [3.63, 3.8) is 0 Å². The minimum absolute atomic E-state index is 0.481. The topological polar surface area (TPSA) is 17.1 Å². The molecule has 1 aliphatic rings. The molecule has 0 aliphatic heterocycles. The van der Waals surface area contributed by atoms with Gasteiger partial charge in [0.2, 0.25) is 0 Å². The van der Waals surface area contributed by atoms with E-state index in [9.17, 15) is 4.79 Å². The summed E-state index contributed by atoms with van der Waals surface area (Å²) < 4.78 is 0. The predicted octanol–water partition coefficient (Wildman–Crippen LogP) is 4.89. The Labute approximate surface area is 101 Å². The highest BCUT2D eigenvalue weighted by Gasteiger charge is 2.28. The minimum atomic E-state index is 0.481. The lowest BCUT2D eigenvalue weighted by atomic mass is 10.0. The summed E-state index contributed by atoms with van der Waals surface area (Å²) in [5, 5.41) is 0. The Morgan fingerprint density at radius 2 is 1.38 bits per heavy atom. The molecule has 16 heavy (non-hydrogen) atoms. The second kappa shape index (κ2) is 8.78. The van der Waals surface area contributed by atoms with Gasteiger partial charge in [-0.15, -0.1) is 0 Å². The molecule has 0 bridgehead atoms. The maximum atomic E-state index is 11.4. The van der Waals surface area contributed by atoms with Crippen LogP contribution in [-0.4, -0.2) is 5.78 Å². The summed E-state index contributed by atoms with van der Waals surface area (Å²) in [7, 11) is 0. The zero-order valence-electron chi connectivity index (χ0n) is 11.0. The SMILES string of the molecule is CCCCCCCCCCCC(=O)C1CC1. The first-order valence-electron chi connectivity index (χ1n) is 7.37. The van der Waals surface area contributed by atoms with Crippen LogP contribution in [0.15, 0.2) is 0 Å². The number of hydrogen-bond donors (Lipinski definition) is 0. The fourth-order valence-electron chi connectivity index (χ4n) is 2.22. The molecule has 0 unspecified atom stereocenters. The number of Topliss-reactive ketones (excluding diaryl/α,β-unsaturated/α-hetero) is 1. The summed E-state index contributed by atoms with van der Waals surface area (Å²) in [6.45, 7) is 2.26. The molecule has 0 saturated heterocycles. The molecular weight excluding hydrogens is 196 g/mol. The summed E-state index contributed by atoms with van der Waals surface area (Å²) in [4.78, 5) is 11.4. The molecular formula is C15H28O. The van der Waals surface area contributed by atoms with E-state index < -0.39 is 0 Å². The summed E-state index contributed by atoms with van der Waals surface area (Å²) >= 11 is 0. The molecule has 1 aliphatic carbocycles. The number of ketones is 1. The fraction of sp³-hybridized carbons (Fsp3) is 0.933. The predicted molar refractivity (Wildman–Crippen MR) is 69.6 cm³/mol. The smallest absolute Gasteiger partial charge is 0.135 e. The average molecular weight is 224 g/mol. The third kappa shape index (κ3) is 7.03. The Hall–Kier alpha value is -0.330. The summed E-state index contributed by atoms with van der Waals surface area (Å²) in [5.74, 6) is 1.02. The quantitative estimate of drug-likeness (QED) is 0.457. The van der Waals surface area contributed by atoms with E-state index in [1.54, 1.807) is 0 Å². The first-order valence-corrected chi connectivity index (χ1v) is 7.37. The van der Waals surface area contributed by atoms with Gasteiger partial charge in [0.25, 0.3) is 0 Å². The van der Waals surface area contributed by atoms with Gasteiger partial charge in [0.15, 0.2) is 0 Å². The minimum Gasteiger partial charge on any atom is -0.299 e. The summed E-state index contributed by atoms with van der Waals surface area (Å²) in [6.07, 6.45) is 15.3. The van der Waals surface area contributed by atoms with Gasteiger partial charge in [-0.05, 0) is 19.3 Å². The lowest BCUT2D eigenvalue weighted by Crippen LogP contribution is -1.99. The number of unbranched alkanes of at least 4 members (excludes halogenated alkanes) is 8. The van der Waals surface area contributed by atoms with Crippen molar-refractivity contribution < 1.29 is 4.79 Å². The van der Waals surface area contributed by atoms with Crippen molar-refractivity contribution in [1.82, 2.24) is 0 Å². The third-order valence-corrected chi connectivity index (χ3v) is 3.56. The van der Waals surface area contributed by atoms with Crippen LogP contribution in [0.1, 0.15) is 84.0 Å². The van der Waals surface area contributed by atoms with Crippen molar-refractivity contribution in [3.8, 4) is 0 Å². The first kappa shape index (κ1) is 13.7. The molecule has 0 heterocycles. The van der Waals surface area contributed by atoms with E-state index >= 15 is 0 Å². The maximum Gasteiger partial charge on any atom is 0.135 e. The Balaban J connectivity index is 1.72. The van der Waals surface area contributed by atoms with Crippen LogP contribution in [0.3, 0.4) is 0 Å². The van der Waals surface area contributed by atoms with Crippen LogP contribution in [0, 0.1) is 5.92 Å². The molecule has 1 saturated carbocycles. The standard InChI is InChI=1S/C15H28O/c1-2-3-4-5-6-7-8-9-10-11-15(16)14-12-13-14/h14H,2-13H2,1H3. The molecule has 0 N–H and O–H groups in total. The van der Waals surface area contributed by atoms with Gasteiger partial charge in [0.1, 0.15) is 5.78 Å². The molecule has 94 valence electrons. The molecule has 0 aromatic rings. The molecule has 0 spiro atoms. The highest BCUT2D eigenvalue weighted by Crippen LogP contribution is 2.31. The maximum absolute atomic E-state index is 11.4. The molecule has 0 aromatic carbocycles. The number of rotatable bonds is 11. The van der Waals surface area contributed by atoms with E-state index in [1.807, 2.05) is 0 Å². The molecule has 0 atom stereocenters. The monoisotopic (exact) mass is 224 g/mol.